The van der Waals surface area contributed by atoms with Gasteiger partial charge in [-0.15, -0.1) is 0 Å². The maximum absolute atomic E-state index is 12.3. The molecule has 2 aromatic rings. The van der Waals surface area contributed by atoms with Gasteiger partial charge in [0.05, 0.1) is 12.7 Å². The van der Waals surface area contributed by atoms with Gasteiger partial charge in [0.1, 0.15) is 5.58 Å². The third-order valence-corrected chi connectivity index (χ3v) is 4.78. The molecule has 0 spiro atoms. The van der Waals surface area contributed by atoms with Crippen molar-refractivity contribution >= 4 is 16.9 Å². The number of nitrogens with one attached hydrogen (secondary N) is 1. The zero-order valence-electron chi connectivity index (χ0n) is 13.6. The van der Waals surface area contributed by atoms with Crippen LogP contribution in [0.3, 0.4) is 0 Å². The summed E-state index contributed by atoms with van der Waals surface area (Å²) in [5, 5.41) is 4.22. The first-order chi connectivity index (χ1) is 10.5. The Morgan fingerprint density at radius 3 is 2.77 bits per heavy atom. The minimum atomic E-state index is 0.0930. The molecule has 2 heterocycles. The molecular formula is C18H24N2O2. The lowest BCUT2D eigenvalue weighted by Gasteiger charge is -2.29. The predicted octanol–water partition coefficient (Wildman–Crippen LogP) is 2.80. The van der Waals surface area contributed by atoms with Crippen LogP contribution in [-0.2, 0) is 11.2 Å². The van der Waals surface area contributed by atoms with Gasteiger partial charge in [-0.2, -0.15) is 0 Å². The number of piperidine rings is 1. The largest absolute Gasteiger partial charge is 0.464 e. The summed E-state index contributed by atoms with van der Waals surface area (Å²) in [4.78, 5) is 14.6. The molecule has 1 aromatic heterocycles. The molecule has 22 heavy (non-hydrogen) atoms. The lowest BCUT2D eigenvalue weighted by Crippen LogP contribution is -2.43. The number of amides is 1. The number of nitrogens with zero attached hydrogens (tertiary/aromatic N) is 1. The van der Waals surface area contributed by atoms with Crippen LogP contribution in [0.2, 0.25) is 0 Å². The number of likely N-dealkylation sites (tertiary alicyclic amines) is 1. The maximum Gasteiger partial charge on any atom is 0.224 e. The molecule has 0 bridgehead atoms. The number of carbonyl (C=O) groups excluding carboxylic acids is 1. The van der Waals surface area contributed by atoms with Gasteiger partial charge in [0.15, 0.2) is 0 Å². The molecule has 1 amide bonds. The Balaban J connectivity index is 1.68. The Labute approximate surface area is 131 Å². The summed E-state index contributed by atoms with van der Waals surface area (Å²) < 4.78 is 5.68. The van der Waals surface area contributed by atoms with Crippen LogP contribution < -0.4 is 5.32 Å². The Bertz CT molecular complexity index is 682. The molecule has 0 radical (unpaired) electrons. The highest BCUT2D eigenvalue weighted by atomic mass is 16.3. The van der Waals surface area contributed by atoms with Crippen LogP contribution in [0, 0.1) is 13.8 Å². The van der Waals surface area contributed by atoms with E-state index in [9.17, 15) is 4.79 Å². The molecule has 1 aliphatic heterocycles. The molecule has 0 saturated carbocycles. The zero-order valence-corrected chi connectivity index (χ0v) is 13.6. The molecular weight excluding hydrogens is 276 g/mol. The monoisotopic (exact) mass is 300 g/mol. The van der Waals surface area contributed by atoms with Gasteiger partial charge < -0.3 is 14.6 Å². The number of hydrogen-bond donors (Lipinski definition) is 1. The van der Waals surface area contributed by atoms with Crippen molar-refractivity contribution in [2.24, 2.45) is 0 Å². The summed E-state index contributed by atoms with van der Waals surface area (Å²) in [6.45, 7) is 6.24. The molecule has 0 aliphatic carbocycles. The van der Waals surface area contributed by atoms with Crippen LogP contribution in [0.5, 0.6) is 0 Å². The fraction of sp³-hybridized carbons (Fsp3) is 0.500. The van der Waals surface area contributed by atoms with Crippen LogP contribution in [0.25, 0.3) is 11.0 Å². The number of furan rings is 1. The molecule has 3 rings (SSSR count). The summed E-state index contributed by atoms with van der Waals surface area (Å²) in [6, 6.07) is 4.45. The predicted molar refractivity (Wildman–Crippen MR) is 88.1 cm³/mol. The number of aryl methyl sites for hydroxylation is 2. The fourth-order valence-corrected chi connectivity index (χ4v) is 3.13. The van der Waals surface area contributed by atoms with Crippen molar-refractivity contribution in [3.05, 3.63) is 35.1 Å². The number of benzene rings is 1. The molecule has 0 unspecified atom stereocenters. The van der Waals surface area contributed by atoms with Crippen molar-refractivity contribution in [2.45, 2.75) is 39.2 Å². The van der Waals surface area contributed by atoms with E-state index in [2.05, 4.69) is 43.2 Å². The van der Waals surface area contributed by atoms with Crippen LogP contribution >= 0.6 is 0 Å². The van der Waals surface area contributed by atoms with Gasteiger partial charge in [-0.25, -0.2) is 0 Å². The first-order valence-electron chi connectivity index (χ1n) is 7.99. The standard InChI is InChI=1S/C18H24N2O2/c1-12-4-5-16-14(11-22-18(16)13(12)2)10-17(21)19-15-6-8-20(3)9-7-15/h4-5,11,15H,6-10H2,1-3H3,(H,19,21). The highest BCUT2D eigenvalue weighted by Crippen LogP contribution is 2.26. The van der Waals surface area contributed by atoms with E-state index in [1.165, 1.54) is 5.56 Å². The number of fused-ring (bicyclic) bond motifs is 1. The van der Waals surface area contributed by atoms with Crippen molar-refractivity contribution in [1.29, 1.82) is 0 Å². The normalized spacial score (nSPS) is 17.0. The minimum absolute atomic E-state index is 0.0930. The van der Waals surface area contributed by atoms with Crippen molar-refractivity contribution in [1.82, 2.24) is 10.2 Å². The molecule has 1 N–H and O–H groups in total. The van der Waals surface area contributed by atoms with E-state index in [0.29, 0.717) is 12.5 Å². The number of carbonyl (C=O) groups is 1. The summed E-state index contributed by atoms with van der Waals surface area (Å²) >= 11 is 0. The molecule has 1 saturated heterocycles. The first kappa shape index (κ1) is 15.1. The molecule has 4 nitrogen and oxygen atoms in total. The van der Waals surface area contributed by atoms with E-state index < -0.39 is 0 Å². The molecule has 1 aromatic carbocycles. The van der Waals surface area contributed by atoms with Crippen molar-refractivity contribution < 1.29 is 9.21 Å². The number of hydrogen-bond acceptors (Lipinski definition) is 3. The third kappa shape index (κ3) is 3.02. The molecule has 4 heteroatoms. The van der Waals surface area contributed by atoms with Gasteiger partial charge >= 0.3 is 0 Å². The van der Waals surface area contributed by atoms with E-state index in [0.717, 1.165) is 48.0 Å². The average Bonchev–Trinajstić information content (AvgIpc) is 2.89. The summed E-state index contributed by atoms with van der Waals surface area (Å²) in [5.41, 5.74) is 4.24. The lowest BCUT2D eigenvalue weighted by molar-refractivity contribution is -0.121. The highest BCUT2D eigenvalue weighted by molar-refractivity contribution is 5.89. The molecule has 1 aliphatic rings. The second kappa shape index (κ2) is 6.13. The minimum Gasteiger partial charge on any atom is -0.464 e. The van der Waals surface area contributed by atoms with Crippen molar-refractivity contribution in [3.63, 3.8) is 0 Å². The Kier molecular flexibility index (Phi) is 4.21. The van der Waals surface area contributed by atoms with Crippen LogP contribution in [-0.4, -0.2) is 37.0 Å². The molecule has 1 fully saturated rings. The second-order valence-corrected chi connectivity index (χ2v) is 6.47. The van der Waals surface area contributed by atoms with Gasteiger partial charge in [0.2, 0.25) is 5.91 Å². The van der Waals surface area contributed by atoms with E-state index >= 15 is 0 Å². The Morgan fingerprint density at radius 1 is 1.32 bits per heavy atom. The highest BCUT2D eigenvalue weighted by Gasteiger charge is 2.19. The van der Waals surface area contributed by atoms with Crippen molar-refractivity contribution in [2.75, 3.05) is 20.1 Å². The quantitative estimate of drug-likeness (QED) is 0.948. The first-order valence-corrected chi connectivity index (χ1v) is 7.99. The van der Waals surface area contributed by atoms with E-state index in [1.807, 2.05) is 0 Å². The van der Waals surface area contributed by atoms with Gasteiger partial charge in [-0.3, -0.25) is 4.79 Å². The van der Waals surface area contributed by atoms with E-state index in [4.69, 9.17) is 4.42 Å². The van der Waals surface area contributed by atoms with E-state index in [-0.39, 0.29) is 5.91 Å². The van der Waals surface area contributed by atoms with Crippen molar-refractivity contribution in [3.8, 4) is 0 Å². The second-order valence-electron chi connectivity index (χ2n) is 6.47. The van der Waals surface area contributed by atoms with E-state index in [1.54, 1.807) is 6.26 Å². The summed E-state index contributed by atoms with van der Waals surface area (Å²) in [6.07, 6.45) is 4.19. The SMILES string of the molecule is Cc1ccc2c(CC(=O)NC3CCN(C)CC3)coc2c1C. The smallest absolute Gasteiger partial charge is 0.224 e. The lowest BCUT2D eigenvalue weighted by atomic mass is 10.0. The van der Waals surface area contributed by atoms with Gasteiger partial charge in [-0.1, -0.05) is 12.1 Å². The average molecular weight is 300 g/mol. The maximum atomic E-state index is 12.3. The molecule has 118 valence electrons. The zero-order chi connectivity index (χ0) is 15.7. The van der Waals surface area contributed by atoms with Gasteiger partial charge in [-0.05, 0) is 58.0 Å². The van der Waals surface area contributed by atoms with Crippen LogP contribution in [0.15, 0.2) is 22.8 Å². The summed E-state index contributed by atoms with van der Waals surface area (Å²) in [5.74, 6) is 0.0930. The van der Waals surface area contributed by atoms with Gasteiger partial charge in [0, 0.05) is 17.0 Å². The topological polar surface area (TPSA) is 45.5 Å². The van der Waals surface area contributed by atoms with Crippen LogP contribution in [0.4, 0.5) is 0 Å². The number of rotatable bonds is 3. The summed E-state index contributed by atoms with van der Waals surface area (Å²) in [7, 11) is 2.12. The molecule has 0 atom stereocenters. The third-order valence-electron chi connectivity index (χ3n) is 4.78. The van der Waals surface area contributed by atoms with Gasteiger partial charge in [0.25, 0.3) is 0 Å². The Morgan fingerprint density at radius 2 is 2.05 bits per heavy atom. The Hall–Kier alpha value is -1.81. The fourth-order valence-electron chi connectivity index (χ4n) is 3.13. The van der Waals surface area contributed by atoms with Crippen LogP contribution in [0.1, 0.15) is 29.5 Å².